The summed E-state index contributed by atoms with van der Waals surface area (Å²) in [4.78, 5) is 27.7. The Morgan fingerprint density at radius 1 is 0.696 bits per heavy atom. The molecular formula is C18H28N2O3. The number of nitrogens with zero attached hydrogens (tertiary/aromatic N) is 2. The molecule has 0 aromatic heterocycles. The first kappa shape index (κ1) is 17.9. The smallest absolute Gasteiger partial charge is 0.338 e. The average Bonchev–Trinajstić information content (AvgIpc) is 2.57. The van der Waals surface area contributed by atoms with Crippen LogP contribution in [0.25, 0.3) is 0 Å². The second-order valence-electron chi connectivity index (χ2n) is 6.27. The van der Waals surface area contributed by atoms with Gasteiger partial charge in [-0.25, -0.2) is 9.59 Å². The number of ether oxygens (including phenoxy) is 1. The van der Waals surface area contributed by atoms with Crippen LogP contribution in [0.4, 0.5) is 0 Å². The minimum Gasteiger partial charge on any atom is -0.387 e. The molecule has 0 spiro atoms. The molecule has 2 heterocycles. The lowest BCUT2D eigenvalue weighted by Crippen LogP contribution is -2.29. The summed E-state index contributed by atoms with van der Waals surface area (Å²) in [5.74, 6) is -1.18. The molecule has 2 aliphatic rings. The third kappa shape index (κ3) is 7.57. The second-order valence-corrected chi connectivity index (χ2v) is 6.27. The lowest BCUT2D eigenvalue weighted by molar-refractivity contribution is -0.152. The maximum atomic E-state index is 11.6. The van der Waals surface area contributed by atoms with Gasteiger partial charge in [-0.15, -0.1) is 0 Å². The van der Waals surface area contributed by atoms with Crippen LogP contribution in [0.3, 0.4) is 0 Å². The Labute approximate surface area is 139 Å². The molecule has 5 heteroatoms. The normalized spacial score (nSPS) is 21.0. The summed E-state index contributed by atoms with van der Waals surface area (Å²) in [5.41, 5.74) is 0. The summed E-state index contributed by atoms with van der Waals surface area (Å²) < 4.78 is 4.74. The summed E-state index contributed by atoms with van der Waals surface area (Å²) in [6, 6.07) is 0. The molecule has 0 atom stereocenters. The van der Waals surface area contributed by atoms with E-state index in [-0.39, 0.29) is 0 Å². The number of hydrogen-bond donors (Lipinski definition) is 0. The van der Waals surface area contributed by atoms with Gasteiger partial charge in [0.25, 0.3) is 0 Å². The zero-order valence-electron chi connectivity index (χ0n) is 13.9. The van der Waals surface area contributed by atoms with E-state index in [1.54, 1.807) is 12.2 Å². The molecule has 128 valence electrons. The number of esters is 2. The first-order chi connectivity index (χ1) is 11.2. The number of carbonyl (C=O) groups excluding carboxylic acids is 2. The van der Waals surface area contributed by atoms with Crippen molar-refractivity contribution >= 4 is 11.9 Å². The molecule has 5 nitrogen and oxygen atoms in total. The molecule has 0 bridgehead atoms. The first-order valence-electron chi connectivity index (χ1n) is 8.77. The molecule has 2 rings (SSSR count). The van der Waals surface area contributed by atoms with Crippen LogP contribution in [-0.4, -0.2) is 61.0 Å². The van der Waals surface area contributed by atoms with E-state index >= 15 is 0 Å². The van der Waals surface area contributed by atoms with Crippen molar-refractivity contribution < 1.29 is 14.3 Å². The number of hydrogen-bond acceptors (Lipinski definition) is 5. The van der Waals surface area contributed by atoms with Crippen LogP contribution in [0.1, 0.15) is 38.5 Å². The lowest BCUT2D eigenvalue weighted by atomic mass is 10.1. The van der Waals surface area contributed by atoms with E-state index in [9.17, 15) is 9.59 Å². The number of carbonyl (C=O) groups is 2. The van der Waals surface area contributed by atoms with Crippen LogP contribution in [0.5, 0.6) is 0 Å². The van der Waals surface area contributed by atoms with Gasteiger partial charge in [-0.2, -0.15) is 0 Å². The van der Waals surface area contributed by atoms with Gasteiger partial charge in [-0.05, 0) is 51.9 Å². The molecule has 0 unspecified atom stereocenters. The largest absolute Gasteiger partial charge is 0.387 e. The fraction of sp³-hybridized carbons (Fsp3) is 0.667. The molecular weight excluding hydrogens is 292 g/mol. The maximum Gasteiger partial charge on any atom is 0.338 e. The van der Waals surface area contributed by atoms with Crippen molar-refractivity contribution in [2.75, 3.05) is 39.3 Å². The molecule has 0 aliphatic carbocycles. The van der Waals surface area contributed by atoms with Crippen LogP contribution < -0.4 is 0 Å². The van der Waals surface area contributed by atoms with Crippen LogP contribution >= 0.6 is 0 Å². The number of likely N-dealkylation sites (tertiary alicyclic amines) is 2. The minimum absolute atomic E-state index is 0.588. The third-order valence-corrected chi connectivity index (χ3v) is 4.33. The molecule has 0 radical (unpaired) electrons. The van der Waals surface area contributed by atoms with E-state index in [0.29, 0.717) is 0 Å². The summed E-state index contributed by atoms with van der Waals surface area (Å²) >= 11 is 0. The Hall–Kier alpha value is -1.46. The van der Waals surface area contributed by atoms with Crippen molar-refractivity contribution in [2.24, 2.45) is 0 Å². The third-order valence-electron chi connectivity index (χ3n) is 4.33. The molecule has 0 N–H and O–H groups in total. The molecule has 0 saturated carbocycles. The van der Waals surface area contributed by atoms with Crippen LogP contribution in [-0.2, 0) is 14.3 Å². The van der Waals surface area contributed by atoms with Gasteiger partial charge in [-0.1, -0.05) is 25.0 Å². The number of piperidine rings is 2. The van der Waals surface area contributed by atoms with Crippen molar-refractivity contribution in [1.82, 2.24) is 9.80 Å². The number of rotatable bonds is 6. The highest BCUT2D eigenvalue weighted by Gasteiger charge is 2.10. The SMILES string of the molecule is O=C(C=CCN1CCCCC1)OC(=O)C=CCN1CCCCC1. The molecule has 0 aromatic carbocycles. The van der Waals surface area contributed by atoms with Crippen LogP contribution in [0.2, 0.25) is 0 Å². The zero-order valence-corrected chi connectivity index (χ0v) is 13.9. The predicted octanol–water partition coefficient (Wildman–Crippen LogP) is 2.14. The van der Waals surface area contributed by atoms with Gasteiger partial charge in [0.2, 0.25) is 0 Å². The standard InChI is InChI=1S/C18H28N2O3/c21-17(9-7-15-19-11-3-1-4-12-19)23-18(22)10-8-16-20-13-5-2-6-14-20/h7-10H,1-6,11-16H2. The molecule has 0 aromatic rings. The highest BCUT2D eigenvalue weighted by Crippen LogP contribution is 2.08. The maximum absolute atomic E-state index is 11.6. The Kier molecular flexibility index (Phi) is 8.04. The Morgan fingerprint density at radius 2 is 1.09 bits per heavy atom. The van der Waals surface area contributed by atoms with Gasteiger partial charge in [0.1, 0.15) is 0 Å². The van der Waals surface area contributed by atoms with E-state index in [2.05, 4.69) is 9.80 Å². The molecule has 2 aliphatic heterocycles. The van der Waals surface area contributed by atoms with E-state index in [1.807, 2.05) is 0 Å². The fourth-order valence-electron chi connectivity index (χ4n) is 3.05. The van der Waals surface area contributed by atoms with E-state index in [0.717, 1.165) is 39.3 Å². The van der Waals surface area contributed by atoms with Gasteiger partial charge in [0, 0.05) is 25.2 Å². The van der Waals surface area contributed by atoms with Crippen LogP contribution in [0, 0.1) is 0 Å². The quantitative estimate of drug-likeness (QED) is 0.426. The van der Waals surface area contributed by atoms with Gasteiger partial charge >= 0.3 is 11.9 Å². The highest BCUT2D eigenvalue weighted by atomic mass is 16.6. The van der Waals surface area contributed by atoms with Crippen molar-refractivity contribution in [1.29, 1.82) is 0 Å². The van der Waals surface area contributed by atoms with E-state index < -0.39 is 11.9 Å². The molecule has 23 heavy (non-hydrogen) atoms. The molecule has 2 fully saturated rings. The van der Waals surface area contributed by atoms with E-state index in [4.69, 9.17) is 4.74 Å². The van der Waals surface area contributed by atoms with E-state index in [1.165, 1.54) is 50.7 Å². The van der Waals surface area contributed by atoms with Gasteiger partial charge < -0.3 is 4.74 Å². The Balaban J connectivity index is 1.60. The van der Waals surface area contributed by atoms with Gasteiger partial charge in [0.05, 0.1) is 0 Å². The Morgan fingerprint density at radius 3 is 1.48 bits per heavy atom. The average molecular weight is 320 g/mol. The topological polar surface area (TPSA) is 49.9 Å². The summed E-state index contributed by atoms with van der Waals surface area (Å²) in [7, 11) is 0. The summed E-state index contributed by atoms with van der Waals surface area (Å²) in [6.45, 7) is 5.81. The minimum atomic E-state index is -0.588. The van der Waals surface area contributed by atoms with Crippen molar-refractivity contribution in [3.8, 4) is 0 Å². The van der Waals surface area contributed by atoms with Crippen molar-refractivity contribution in [2.45, 2.75) is 38.5 Å². The fourth-order valence-corrected chi connectivity index (χ4v) is 3.05. The van der Waals surface area contributed by atoms with Gasteiger partial charge in [0.15, 0.2) is 0 Å². The van der Waals surface area contributed by atoms with Gasteiger partial charge in [-0.3, -0.25) is 9.80 Å². The lowest BCUT2D eigenvalue weighted by Gasteiger charge is -2.24. The van der Waals surface area contributed by atoms with Crippen LogP contribution in [0.15, 0.2) is 24.3 Å². The monoisotopic (exact) mass is 320 g/mol. The second kappa shape index (κ2) is 10.3. The highest BCUT2D eigenvalue weighted by molar-refractivity contribution is 5.96. The Bertz CT molecular complexity index is 394. The molecule has 2 saturated heterocycles. The summed E-state index contributed by atoms with van der Waals surface area (Å²) in [5, 5.41) is 0. The molecule has 0 amide bonds. The first-order valence-corrected chi connectivity index (χ1v) is 8.77. The zero-order chi connectivity index (χ0) is 16.3. The summed E-state index contributed by atoms with van der Waals surface area (Å²) in [6.07, 6.45) is 13.7. The van der Waals surface area contributed by atoms with Crippen molar-refractivity contribution in [3.05, 3.63) is 24.3 Å². The van der Waals surface area contributed by atoms with Crippen molar-refractivity contribution in [3.63, 3.8) is 0 Å². The predicted molar refractivity (Wildman–Crippen MR) is 90.0 cm³/mol.